The van der Waals surface area contributed by atoms with Crippen LogP contribution in [0.25, 0.3) is 17.1 Å². The first-order valence-electron chi connectivity index (χ1n) is 10.7. The van der Waals surface area contributed by atoms with E-state index in [0.29, 0.717) is 33.9 Å². The lowest BCUT2D eigenvalue weighted by Gasteiger charge is -2.10. The Morgan fingerprint density at radius 3 is 2.63 bits per heavy atom. The van der Waals surface area contributed by atoms with Crippen LogP contribution >= 0.6 is 23.4 Å². The number of nitrogens with zero attached hydrogens (tertiary/aromatic N) is 4. The van der Waals surface area contributed by atoms with Crippen LogP contribution in [0.15, 0.2) is 83.1 Å². The molecule has 0 fully saturated rings. The third-order valence-corrected chi connectivity index (χ3v) is 5.99. The molecule has 2 N–H and O–H groups in total. The van der Waals surface area contributed by atoms with Gasteiger partial charge < -0.3 is 9.84 Å². The first-order valence-corrected chi connectivity index (χ1v) is 12.1. The van der Waals surface area contributed by atoms with E-state index in [1.807, 2.05) is 54.0 Å². The lowest BCUT2D eigenvalue weighted by Crippen LogP contribution is -2.20. The van der Waals surface area contributed by atoms with Crippen molar-refractivity contribution >= 4 is 35.5 Å². The van der Waals surface area contributed by atoms with Gasteiger partial charge in [0.15, 0.2) is 22.5 Å². The lowest BCUT2D eigenvalue weighted by atomic mass is 10.2. The molecule has 1 aromatic heterocycles. The van der Waals surface area contributed by atoms with Crippen LogP contribution in [-0.4, -0.2) is 44.4 Å². The monoisotopic (exact) mass is 507 g/mol. The number of aromatic hydroxyl groups is 1. The third kappa shape index (κ3) is 6.00. The van der Waals surface area contributed by atoms with E-state index in [1.165, 1.54) is 18.0 Å². The van der Waals surface area contributed by atoms with Gasteiger partial charge in [-0.2, -0.15) is 5.10 Å². The number of phenolic OH excluding ortho intramolecular Hbond substituents is 1. The summed E-state index contributed by atoms with van der Waals surface area (Å²) in [5.74, 6) is 0.695. The normalized spacial score (nSPS) is 11.0. The zero-order valence-corrected chi connectivity index (χ0v) is 20.3. The number of hydrazone groups is 1. The summed E-state index contributed by atoms with van der Waals surface area (Å²) < 4.78 is 7.23. The standard InChI is InChI=1S/C25H22ClN5O3S/c1-2-34-21-10-6-9-18(23(21)33)15-27-28-22(32)16-35-25-30-29-24(17-7-4-3-5-8-17)31(25)20-13-11-19(26)12-14-20/h3-15,33H,2,16H2,1H3,(H,28,32)/b27-15+. The van der Waals surface area contributed by atoms with Crippen molar-refractivity contribution in [3.8, 4) is 28.6 Å². The van der Waals surface area contributed by atoms with Crippen molar-refractivity contribution in [1.82, 2.24) is 20.2 Å². The topological polar surface area (TPSA) is 102 Å². The molecule has 0 saturated heterocycles. The molecular formula is C25H22ClN5O3S. The van der Waals surface area contributed by atoms with Crippen molar-refractivity contribution < 1.29 is 14.6 Å². The van der Waals surface area contributed by atoms with Crippen LogP contribution in [0.3, 0.4) is 0 Å². The molecule has 8 nitrogen and oxygen atoms in total. The molecule has 0 aliphatic rings. The molecule has 178 valence electrons. The highest BCUT2D eigenvalue weighted by Gasteiger charge is 2.17. The molecule has 0 aliphatic carbocycles. The molecule has 0 atom stereocenters. The van der Waals surface area contributed by atoms with E-state index in [4.69, 9.17) is 16.3 Å². The summed E-state index contributed by atoms with van der Waals surface area (Å²) in [7, 11) is 0. The van der Waals surface area contributed by atoms with Crippen LogP contribution in [0.5, 0.6) is 11.5 Å². The quantitative estimate of drug-likeness (QED) is 0.189. The summed E-state index contributed by atoms with van der Waals surface area (Å²) in [5, 5.41) is 24.0. The van der Waals surface area contributed by atoms with Crippen LogP contribution in [0.1, 0.15) is 12.5 Å². The van der Waals surface area contributed by atoms with E-state index < -0.39 is 0 Å². The second kappa shape index (κ2) is 11.5. The number of benzene rings is 3. The summed E-state index contributed by atoms with van der Waals surface area (Å²) in [4.78, 5) is 12.4. The Morgan fingerprint density at radius 2 is 1.89 bits per heavy atom. The summed E-state index contributed by atoms with van der Waals surface area (Å²) in [6, 6.07) is 22.1. The first-order chi connectivity index (χ1) is 17.1. The van der Waals surface area contributed by atoms with E-state index in [1.54, 1.807) is 30.3 Å². The Kier molecular flexibility index (Phi) is 8.02. The summed E-state index contributed by atoms with van der Waals surface area (Å²) in [5.41, 5.74) is 4.61. The Bertz CT molecular complexity index is 1330. The average Bonchev–Trinajstić information content (AvgIpc) is 3.30. The third-order valence-electron chi connectivity index (χ3n) is 4.81. The number of hydrogen-bond acceptors (Lipinski definition) is 7. The van der Waals surface area contributed by atoms with Gasteiger partial charge in [-0.3, -0.25) is 9.36 Å². The van der Waals surface area contributed by atoms with Gasteiger partial charge in [-0.1, -0.05) is 59.8 Å². The van der Waals surface area contributed by atoms with Crippen LogP contribution in [-0.2, 0) is 4.79 Å². The molecule has 0 saturated carbocycles. The fourth-order valence-electron chi connectivity index (χ4n) is 3.21. The van der Waals surface area contributed by atoms with Crippen molar-refractivity contribution in [3.05, 3.63) is 83.4 Å². The van der Waals surface area contributed by atoms with E-state index in [2.05, 4.69) is 20.7 Å². The van der Waals surface area contributed by atoms with Gasteiger partial charge in [-0.25, -0.2) is 5.43 Å². The minimum Gasteiger partial charge on any atom is -0.504 e. The number of phenols is 1. The Labute approximate surface area is 211 Å². The molecule has 1 heterocycles. The van der Waals surface area contributed by atoms with Crippen molar-refractivity contribution in [2.75, 3.05) is 12.4 Å². The van der Waals surface area contributed by atoms with Gasteiger partial charge in [0.05, 0.1) is 18.6 Å². The molecular weight excluding hydrogens is 486 g/mol. The summed E-state index contributed by atoms with van der Waals surface area (Å²) >= 11 is 7.29. The van der Waals surface area contributed by atoms with Gasteiger partial charge in [-0.05, 0) is 43.3 Å². The van der Waals surface area contributed by atoms with Crippen LogP contribution < -0.4 is 10.2 Å². The Morgan fingerprint density at radius 1 is 1.11 bits per heavy atom. The number of ether oxygens (including phenoxy) is 1. The minimum absolute atomic E-state index is 0.0359. The maximum absolute atomic E-state index is 12.4. The van der Waals surface area contributed by atoms with Crippen molar-refractivity contribution in [1.29, 1.82) is 0 Å². The smallest absolute Gasteiger partial charge is 0.250 e. The van der Waals surface area contributed by atoms with Gasteiger partial charge in [0.2, 0.25) is 0 Å². The molecule has 4 rings (SSSR count). The number of carbonyl (C=O) groups excluding carboxylic acids is 1. The number of thioether (sulfide) groups is 1. The summed E-state index contributed by atoms with van der Waals surface area (Å²) in [6.07, 6.45) is 1.37. The molecule has 3 aromatic carbocycles. The van der Waals surface area contributed by atoms with Crippen LogP contribution in [0, 0.1) is 0 Å². The number of aromatic nitrogens is 3. The maximum Gasteiger partial charge on any atom is 0.250 e. The van der Waals surface area contributed by atoms with Gasteiger partial charge in [0.1, 0.15) is 0 Å². The molecule has 0 unspecified atom stereocenters. The van der Waals surface area contributed by atoms with Crippen molar-refractivity contribution in [2.45, 2.75) is 12.1 Å². The minimum atomic E-state index is -0.335. The van der Waals surface area contributed by atoms with Crippen molar-refractivity contribution in [3.63, 3.8) is 0 Å². The van der Waals surface area contributed by atoms with Gasteiger partial charge in [0, 0.05) is 21.8 Å². The fourth-order valence-corrected chi connectivity index (χ4v) is 4.08. The van der Waals surface area contributed by atoms with Crippen molar-refractivity contribution in [2.24, 2.45) is 5.10 Å². The number of para-hydroxylation sites is 1. The Hall–Kier alpha value is -3.82. The van der Waals surface area contributed by atoms with E-state index in [0.717, 1.165) is 11.3 Å². The van der Waals surface area contributed by atoms with Gasteiger partial charge in [0.25, 0.3) is 5.91 Å². The van der Waals surface area contributed by atoms with E-state index >= 15 is 0 Å². The predicted octanol–water partition coefficient (Wildman–Crippen LogP) is 4.93. The highest BCUT2D eigenvalue weighted by atomic mass is 35.5. The largest absolute Gasteiger partial charge is 0.504 e. The Balaban J connectivity index is 1.47. The zero-order chi connectivity index (χ0) is 24.6. The maximum atomic E-state index is 12.4. The van der Waals surface area contributed by atoms with E-state index in [9.17, 15) is 9.90 Å². The second-order valence-corrected chi connectivity index (χ2v) is 8.57. The second-order valence-electron chi connectivity index (χ2n) is 7.19. The van der Waals surface area contributed by atoms with Gasteiger partial charge >= 0.3 is 0 Å². The number of halogens is 1. The average molecular weight is 508 g/mol. The molecule has 4 aromatic rings. The number of rotatable bonds is 9. The highest BCUT2D eigenvalue weighted by molar-refractivity contribution is 7.99. The molecule has 0 spiro atoms. The molecule has 10 heteroatoms. The number of carbonyl (C=O) groups is 1. The zero-order valence-electron chi connectivity index (χ0n) is 18.8. The molecule has 1 amide bonds. The molecule has 0 radical (unpaired) electrons. The number of hydrogen-bond donors (Lipinski definition) is 2. The molecule has 0 bridgehead atoms. The first kappa shape index (κ1) is 24.3. The number of nitrogens with one attached hydrogen (secondary N) is 1. The van der Waals surface area contributed by atoms with Crippen LogP contribution in [0.4, 0.5) is 0 Å². The van der Waals surface area contributed by atoms with Crippen LogP contribution in [0.2, 0.25) is 5.02 Å². The van der Waals surface area contributed by atoms with E-state index in [-0.39, 0.29) is 17.4 Å². The van der Waals surface area contributed by atoms with Gasteiger partial charge in [-0.15, -0.1) is 10.2 Å². The molecule has 35 heavy (non-hydrogen) atoms. The SMILES string of the molecule is CCOc1cccc(/C=N/NC(=O)CSc2nnc(-c3ccccc3)n2-c2ccc(Cl)cc2)c1O. The fraction of sp³-hybridized carbons (Fsp3) is 0.120. The lowest BCUT2D eigenvalue weighted by molar-refractivity contribution is -0.118. The highest BCUT2D eigenvalue weighted by Crippen LogP contribution is 2.29. The number of amides is 1. The molecule has 0 aliphatic heterocycles. The summed E-state index contributed by atoms with van der Waals surface area (Å²) in [6.45, 7) is 2.25. The predicted molar refractivity (Wildman–Crippen MR) is 138 cm³/mol.